The van der Waals surface area contributed by atoms with Gasteiger partial charge in [0, 0.05) is 13.6 Å². The normalized spacial score (nSPS) is 24.7. The van der Waals surface area contributed by atoms with E-state index in [2.05, 4.69) is 0 Å². The number of hydrogen-bond donors (Lipinski definition) is 1. The van der Waals surface area contributed by atoms with Gasteiger partial charge in [-0.05, 0) is 25.4 Å². The summed E-state index contributed by atoms with van der Waals surface area (Å²) in [5.41, 5.74) is 0. The minimum absolute atomic E-state index is 0.0989. The lowest BCUT2D eigenvalue weighted by Gasteiger charge is -2.34. The fraction of sp³-hybridized carbons (Fsp3) is 0.900. The third-order valence-corrected chi connectivity index (χ3v) is 5.50. The Hall–Kier alpha value is 0.130. The molecule has 0 aromatic carbocycles. The van der Waals surface area contributed by atoms with E-state index in [0.29, 0.717) is 0 Å². The van der Waals surface area contributed by atoms with Crippen molar-refractivity contribution < 1.29 is 9.90 Å². The molecule has 0 aromatic heterocycles. The summed E-state index contributed by atoms with van der Waals surface area (Å²) in [4.78, 5) is 13.6. The Morgan fingerprint density at radius 1 is 1.47 bits per heavy atom. The standard InChI is InChI=1S/C10H19NO2S2/c1-11-6-4-5-7(9(11)13)8(12)10(14-2)15-3/h7-8,10,12H,4-6H2,1-3H3/t7-,8+/m1/s1. The molecule has 1 aliphatic heterocycles. The molecule has 0 unspecified atom stereocenters. The molecule has 2 atom stereocenters. The number of amides is 1. The van der Waals surface area contributed by atoms with Crippen LogP contribution in [0.25, 0.3) is 0 Å². The first-order valence-corrected chi connectivity index (χ1v) is 7.68. The number of thioether (sulfide) groups is 2. The van der Waals surface area contributed by atoms with Crippen LogP contribution in [0.4, 0.5) is 0 Å². The zero-order chi connectivity index (χ0) is 11.4. The minimum atomic E-state index is -0.523. The van der Waals surface area contributed by atoms with E-state index in [-0.39, 0.29) is 16.4 Å². The third kappa shape index (κ3) is 3.04. The number of nitrogens with zero attached hydrogens (tertiary/aromatic N) is 1. The summed E-state index contributed by atoms with van der Waals surface area (Å²) < 4.78 is 0.102. The Morgan fingerprint density at radius 2 is 2.07 bits per heavy atom. The molecule has 5 heteroatoms. The quantitative estimate of drug-likeness (QED) is 0.762. The van der Waals surface area contributed by atoms with Gasteiger partial charge in [-0.3, -0.25) is 4.79 Å². The van der Waals surface area contributed by atoms with Crippen LogP contribution in [0.3, 0.4) is 0 Å². The summed E-state index contributed by atoms with van der Waals surface area (Å²) in [5, 5.41) is 10.1. The van der Waals surface area contributed by atoms with Gasteiger partial charge in [-0.1, -0.05) is 0 Å². The molecule has 15 heavy (non-hydrogen) atoms. The van der Waals surface area contributed by atoms with Gasteiger partial charge in [0.05, 0.1) is 16.6 Å². The molecule has 3 nitrogen and oxygen atoms in total. The number of carbonyl (C=O) groups is 1. The van der Waals surface area contributed by atoms with Crippen molar-refractivity contribution in [2.24, 2.45) is 5.92 Å². The van der Waals surface area contributed by atoms with Crippen LogP contribution in [0.5, 0.6) is 0 Å². The molecule has 0 aromatic rings. The van der Waals surface area contributed by atoms with Crippen molar-refractivity contribution >= 4 is 29.4 Å². The van der Waals surface area contributed by atoms with Gasteiger partial charge in [-0.15, -0.1) is 23.5 Å². The van der Waals surface area contributed by atoms with Crippen LogP contribution in [-0.4, -0.2) is 52.7 Å². The van der Waals surface area contributed by atoms with Crippen LogP contribution >= 0.6 is 23.5 Å². The fourth-order valence-electron chi connectivity index (χ4n) is 1.95. The molecule has 0 spiro atoms. The summed E-state index contributed by atoms with van der Waals surface area (Å²) in [6.45, 7) is 0.825. The minimum Gasteiger partial charge on any atom is -0.390 e. The smallest absolute Gasteiger partial charge is 0.228 e. The van der Waals surface area contributed by atoms with Gasteiger partial charge in [-0.25, -0.2) is 0 Å². The molecule has 1 heterocycles. The average Bonchev–Trinajstić information content (AvgIpc) is 2.23. The highest BCUT2D eigenvalue weighted by Gasteiger charge is 2.35. The van der Waals surface area contributed by atoms with Crippen molar-refractivity contribution in [2.75, 3.05) is 26.1 Å². The van der Waals surface area contributed by atoms with Crippen LogP contribution in [-0.2, 0) is 4.79 Å². The van der Waals surface area contributed by atoms with E-state index in [4.69, 9.17) is 0 Å². The van der Waals surface area contributed by atoms with Gasteiger partial charge in [0.25, 0.3) is 0 Å². The second kappa shape index (κ2) is 6.01. The van der Waals surface area contributed by atoms with Crippen molar-refractivity contribution in [3.8, 4) is 0 Å². The second-order valence-electron chi connectivity index (χ2n) is 3.84. The lowest BCUT2D eigenvalue weighted by molar-refractivity contribution is -0.140. The Bertz CT molecular complexity index is 221. The van der Waals surface area contributed by atoms with Gasteiger partial charge < -0.3 is 10.0 Å². The van der Waals surface area contributed by atoms with Crippen LogP contribution < -0.4 is 0 Å². The Kier molecular flexibility index (Phi) is 5.29. The lowest BCUT2D eigenvalue weighted by Crippen LogP contribution is -2.45. The van der Waals surface area contributed by atoms with Crippen molar-refractivity contribution in [1.29, 1.82) is 0 Å². The topological polar surface area (TPSA) is 40.5 Å². The van der Waals surface area contributed by atoms with Crippen molar-refractivity contribution in [2.45, 2.75) is 23.5 Å². The number of aliphatic hydroxyl groups is 1. The summed E-state index contributed by atoms with van der Waals surface area (Å²) in [5.74, 6) is -0.101. The van der Waals surface area contributed by atoms with E-state index < -0.39 is 6.10 Å². The van der Waals surface area contributed by atoms with Gasteiger partial charge >= 0.3 is 0 Å². The zero-order valence-corrected chi connectivity index (χ0v) is 11.1. The highest BCUT2D eigenvalue weighted by Crippen LogP contribution is 2.31. The maximum atomic E-state index is 11.9. The number of piperidine rings is 1. The van der Waals surface area contributed by atoms with E-state index in [1.165, 1.54) is 0 Å². The van der Waals surface area contributed by atoms with Gasteiger partial charge in [0.1, 0.15) is 0 Å². The largest absolute Gasteiger partial charge is 0.390 e. The monoisotopic (exact) mass is 249 g/mol. The summed E-state index contributed by atoms with van der Waals surface area (Å²) >= 11 is 3.23. The Labute approximate surface area is 100.0 Å². The highest BCUT2D eigenvalue weighted by molar-refractivity contribution is 8.16. The van der Waals surface area contributed by atoms with Crippen molar-refractivity contribution in [3.63, 3.8) is 0 Å². The summed E-state index contributed by atoms with van der Waals surface area (Å²) in [6.07, 6.45) is 5.25. The predicted octanol–water partition coefficient (Wildman–Crippen LogP) is 1.27. The maximum Gasteiger partial charge on any atom is 0.228 e. The number of rotatable bonds is 4. The maximum absolute atomic E-state index is 11.9. The molecule has 1 rings (SSSR count). The van der Waals surface area contributed by atoms with E-state index in [9.17, 15) is 9.90 Å². The van der Waals surface area contributed by atoms with Crippen LogP contribution in [0.15, 0.2) is 0 Å². The van der Waals surface area contributed by atoms with Crippen molar-refractivity contribution in [1.82, 2.24) is 4.90 Å². The van der Waals surface area contributed by atoms with Crippen LogP contribution in [0, 0.1) is 5.92 Å². The number of aliphatic hydroxyl groups excluding tert-OH is 1. The molecule has 1 saturated heterocycles. The van der Waals surface area contributed by atoms with Crippen LogP contribution in [0.1, 0.15) is 12.8 Å². The molecule has 0 saturated carbocycles. The lowest BCUT2D eigenvalue weighted by atomic mass is 9.92. The SMILES string of the molecule is CSC(SC)[C@@H](O)[C@H]1CCCN(C)C1=O. The first-order valence-electron chi connectivity index (χ1n) is 5.10. The third-order valence-electron chi connectivity index (χ3n) is 2.86. The number of carbonyl (C=O) groups excluding carboxylic acids is 1. The molecule has 1 amide bonds. The number of likely N-dealkylation sites (tertiary alicyclic amines) is 1. The number of hydrogen-bond acceptors (Lipinski definition) is 4. The molecule has 0 radical (unpaired) electrons. The van der Waals surface area contributed by atoms with E-state index in [1.807, 2.05) is 19.6 Å². The van der Waals surface area contributed by atoms with Crippen LogP contribution in [0.2, 0.25) is 0 Å². The van der Waals surface area contributed by atoms with E-state index >= 15 is 0 Å². The predicted molar refractivity (Wildman–Crippen MR) is 67.2 cm³/mol. The van der Waals surface area contributed by atoms with Gasteiger partial charge in [0.2, 0.25) is 5.91 Å². The average molecular weight is 249 g/mol. The summed E-state index contributed by atoms with van der Waals surface area (Å²) in [6, 6.07) is 0. The summed E-state index contributed by atoms with van der Waals surface area (Å²) in [7, 11) is 1.81. The molecule has 0 bridgehead atoms. The molecule has 1 N–H and O–H groups in total. The zero-order valence-electron chi connectivity index (χ0n) is 9.47. The van der Waals surface area contributed by atoms with Gasteiger partial charge in [-0.2, -0.15) is 0 Å². The first kappa shape index (κ1) is 13.2. The van der Waals surface area contributed by atoms with Crippen molar-refractivity contribution in [3.05, 3.63) is 0 Å². The van der Waals surface area contributed by atoms with Gasteiger partial charge in [0.15, 0.2) is 0 Å². The van der Waals surface area contributed by atoms with E-state index in [1.54, 1.807) is 28.4 Å². The molecular weight excluding hydrogens is 230 g/mol. The molecule has 1 fully saturated rings. The van der Waals surface area contributed by atoms with E-state index in [0.717, 1.165) is 19.4 Å². The fourth-order valence-corrected chi connectivity index (χ4v) is 3.65. The molecule has 88 valence electrons. The highest BCUT2D eigenvalue weighted by atomic mass is 32.2. The Balaban J connectivity index is 2.64. The Morgan fingerprint density at radius 3 is 2.60 bits per heavy atom. The molecular formula is C10H19NO2S2. The second-order valence-corrected chi connectivity index (χ2v) is 6.10. The molecule has 0 aliphatic carbocycles. The molecule has 1 aliphatic rings. The first-order chi connectivity index (χ1) is 7.11.